The Bertz CT molecular complexity index is 469. The van der Waals surface area contributed by atoms with Gasteiger partial charge in [0, 0.05) is 21.9 Å². The highest BCUT2D eigenvalue weighted by molar-refractivity contribution is 9.10. The maximum Gasteiger partial charge on any atom is 0.119 e. The molecule has 0 spiro atoms. The summed E-state index contributed by atoms with van der Waals surface area (Å²) in [5.41, 5.74) is 0. The van der Waals surface area contributed by atoms with Crippen molar-refractivity contribution >= 4 is 27.3 Å². The lowest BCUT2D eigenvalue weighted by atomic mass is 10.2. The molecule has 4 heteroatoms. The van der Waals surface area contributed by atoms with Gasteiger partial charge in [0.25, 0.3) is 0 Å². The predicted molar refractivity (Wildman–Crippen MR) is 85.0 cm³/mol. The Morgan fingerprint density at radius 2 is 2.05 bits per heavy atom. The topological polar surface area (TPSA) is 21.3 Å². The molecule has 2 aromatic rings. The van der Waals surface area contributed by atoms with E-state index >= 15 is 0 Å². The van der Waals surface area contributed by atoms with Gasteiger partial charge in [-0.3, -0.25) is 0 Å². The van der Waals surface area contributed by atoms with E-state index in [0.29, 0.717) is 12.6 Å². The van der Waals surface area contributed by atoms with Crippen molar-refractivity contribution in [2.75, 3.05) is 13.2 Å². The van der Waals surface area contributed by atoms with Crippen molar-refractivity contribution < 1.29 is 4.74 Å². The van der Waals surface area contributed by atoms with Gasteiger partial charge in [0.15, 0.2) is 0 Å². The number of hydrogen-bond donors (Lipinski definition) is 1. The van der Waals surface area contributed by atoms with Gasteiger partial charge in [-0.15, -0.1) is 11.3 Å². The van der Waals surface area contributed by atoms with Gasteiger partial charge < -0.3 is 10.1 Å². The maximum atomic E-state index is 5.69. The Balaban J connectivity index is 1.72. The van der Waals surface area contributed by atoms with Crippen LogP contribution in [0.4, 0.5) is 0 Å². The molecule has 1 atom stereocenters. The monoisotopic (exact) mass is 339 g/mol. The first-order valence-electron chi connectivity index (χ1n) is 6.44. The molecule has 1 heterocycles. The zero-order valence-corrected chi connectivity index (χ0v) is 13.3. The molecule has 0 aliphatic carbocycles. The smallest absolute Gasteiger partial charge is 0.119 e. The molecule has 0 saturated carbocycles. The van der Waals surface area contributed by atoms with Crippen LogP contribution in [0.5, 0.6) is 5.75 Å². The van der Waals surface area contributed by atoms with Crippen molar-refractivity contribution in [2.24, 2.45) is 0 Å². The summed E-state index contributed by atoms with van der Waals surface area (Å²) in [6.45, 7) is 3.74. The third-order valence-corrected chi connectivity index (χ3v) is 4.38. The zero-order valence-electron chi connectivity index (χ0n) is 10.9. The molecule has 1 aromatic heterocycles. The van der Waals surface area contributed by atoms with E-state index in [1.807, 2.05) is 24.3 Å². The average Bonchev–Trinajstić information content (AvgIpc) is 2.95. The van der Waals surface area contributed by atoms with Crippen LogP contribution >= 0.6 is 27.3 Å². The van der Waals surface area contributed by atoms with Crippen molar-refractivity contribution in [2.45, 2.75) is 19.4 Å². The van der Waals surface area contributed by atoms with Crippen LogP contribution < -0.4 is 10.1 Å². The largest absolute Gasteiger partial charge is 0.492 e. The molecule has 0 radical (unpaired) electrons. The van der Waals surface area contributed by atoms with Crippen LogP contribution in [-0.4, -0.2) is 13.2 Å². The van der Waals surface area contributed by atoms with Gasteiger partial charge in [-0.1, -0.05) is 28.9 Å². The molecule has 0 aliphatic heterocycles. The summed E-state index contributed by atoms with van der Waals surface area (Å²) in [7, 11) is 0. The molecule has 19 heavy (non-hydrogen) atoms. The van der Waals surface area contributed by atoms with Crippen LogP contribution in [0.3, 0.4) is 0 Å². The number of halogens is 1. The van der Waals surface area contributed by atoms with Gasteiger partial charge >= 0.3 is 0 Å². The number of thiophene rings is 1. The summed E-state index contributed by atoms with van der Waals surface area (Å²) >= 11 is 5.21. The van der Waals surface area contributed by atoms with Gasteiger partial charge in [0.1, 0.15) is 12.4 Å². The van der Waals surface area contributed by atoms with Gasteiger partial charge in [0.05, 0.1) is 0 Å². The van der Waals surface area contributed by atoms with Gasteiger partial charge in [-0.05, 0) is 42.1 Å². The summed E-state index contributed by atoms with van der Waals surface area (Å²) in [5.74, 6) is 0.911. The molecule has 0 fully saturated rings. The van der Waals surface area contributed by atoms with E-state index < -0.39 is 0 Å². The quantitative estimate of drug-likeness (QED) is 0.742. The number of hydrogen-bond acceptors (Lipinski definition) is 3. The highest BCUT2D eigenvalue weighted by atomic mass is 79.9. The normalized spacial score (nSPS) is 12.3. The molecule has 0 amide bonds. The second-order valence-corrected chi connectivity index (χ2v) is 6.13. The lowest BCUT2D eigenvalue weighted by Gasteiger charge is -2.15. The molecule has 102 valence electrons. The van der Waals surface area contributed by atoms with E-state index in [9.17, 15) is 0 Å². The third-order valence-electron chi connectivity index (χ3n) is 2.87. The van der Waals surface area contributed by atoms with Crippen LogP contribution in [0.25, 0.3) is 0 Å². The molecule has 0 bridgehead atoms. The number of rotatable bonds is 7. The number of ether oxygens (including phenoxy) is 1. The fourth-order valence-electron chi connectivity index (χ4n) is 1.87. The van der Waals surface area contributed by atoms with Crippen molar-refractivity contribution in [3.8, 4) is 5.75 Å². The van der Waals surface area contributed by atoms with Gasteiger partial charge in [0.2, 0.25) is 0 Å². The molecule has 2 rings (SSSR count). The molecule has 1 N–H and O–H groups in total. The first-order valence-corrected chi connectivity index (χ1v) is 8.12. The van der Waals surface area contributed by atoms with Crippen molar-refractivity contribution in [3.63, 3.8) is 0 Å². The molecular formula is C15H18BrNOS. The second-order valence-electron chi connectivity index (χ2n) is 4.23. The van der Waals surface area contributed by atoms with Crippen molar-refractivity contribution in [3.05, 3.63) is 51.1 Å². The van der Waals surface area contributed by atoms with E-state index in [0.717, 1.165) is 23.2 Å². The molecule has 2 nitrogen and oxygen atoms in total. The van der Waals surface area contributed by atoms with E-state index in [1.165, 1.54) is 4.88 Å². The molecular weight excluding hydrogens is 322 g/mol. The SMILES string of the molecule is CCC(NCCOc1ccc(Br)cc1)c1cccs1. The van der Waals surface area contributed by atoms with Gasteiger partial charge in [-0.2, -0.15) is 0 Å². The van der Waals surface area contributed by atoms with E-state index in [4.69, 9.17) is 4.74 Å². The average molecular weight is 340 g/mol. The Kier molecular flexibility index (Phi) is 5.89. The van der Waals surface area contributed by atoms with Crippen LogP contribution in [0.15, 0.2) is 46.3 Å². The molecule has 1 aromatic carbocycles. The predicted octanol–water partition coefficient (Wildman–Crippen LogP) is 4.63. The Hall–Kier alpha value is -0.840. The van der Waals surface area contributed by atoms with Crippen LogP contribution in [0.1, 0.15) is 24.3 Å². The summed E-state index contributed by atoms with van der Waals surface area (Å²) in [6, 6.07) is 12.6. The minimum absolute atomic E-state index is 0.438. The van der Waals surface area contributed by atoms with Crippen LogP contribution in [-0.2, 0) is 0 Å². The Morgan fingerprint density at radius 3 is 2.68 bits per heavy atom. The van der Waals surface area contributed by atoms with Crippen molar-refractivity contribution in [1.29, 1.82) is 0 Å². The first kappa shape index (κ1) is 14.6. The minimum Gasteiger partial charge on any atom is -0.492 e. The summed E-state index contributed by atoms with van der Waals surface area (Å²) < 4.78 is 6.76. The standard InChI is InChI=1S/C15H18BrNOS/c1-2-14(15-4-3-11-19-15)17-9-10-18-13-7-5-12(16)6-8-13/h3-8,11,14,17H,2,9-10H2,1H3. The van der Waals surface area contributed by atoms with Crippen LogP contribution in [0, 0.1) is 0 Å². The second kappa shape index (κ2) is 7.68. The molecule has 0 aliphatic rings. The fourth-order valence-corrected chi connectivity index (χ4v) is 3.02. The van der Waals surface area contributed by atoms with Gasteiger partial charge in [-0.25, -0.2) is 0 Å². The first-order chi connectivity index (χ1) is 9.29. The van der Waals surface area contributed by atoms with Crippen LogP contribution in [0.2, 0.25) is 0 Å². The highest BCUT2D eigenvalue weighted by Gasteiger charge is 2.08. The maximum absolute atomic E-state index is 5.69. The lowest BCUT2D eigenvalue weighted by Crippen LogP contribution is -2.25. The highest BCUT2D eigenvalue weighted by Crippen LogP contribution is 2.21. The number of nitrogens with one attached hydrogen (secondary N) is 1. The summed E-state index contributed by atoms with van der Waals surface area (Å²) in [5, 5.41) is 5.65. The summed E-state index contributed by atoms with van der Waals surface area (Å²) in [6.07, 6.45) is 1.10. The molecule has 1 unspecified atom stereocenters. The molecule has 0 saturated heterocycles. The Morgan fingerprint density at radius 1 is 1.26 bits per heavy atom. The third kappa shape index (κ3) is 4.64. The summed E-state index contributed by atoms with van der Waals surface area (Å²) in [4.78, 5) is 1.39. The number of benzene rings is 1. The van der Waals surface area contributed by atoms with Crippen molar-refractivity contribution in [1.82, 2.24) is 5.32 Å². The minimum atomic E-state index is 0.438. The lowest BCUT2D eigenvalue weighted by molar-refractivity contribution is 0.305. The fraction of sp³-hybridized carbons (Fsp3) is 0.333. The Labute approximate surface area is 126 Å². The zero-order chi connectivity index (χ0) is 13.5. The van der Waals surface area contributed by atoms with E-state index in [2.05, 4.69) is 45.7 Å². The van der Waals surface area contributed by atoms with E-state index in [-0.39, 0.29) is 0 Å². The van der Waals surface area contributed by atoms with E-state index in [1.54, 1.807) is 11.3 Å².